The maximum Gasteiger partial charge on any atom is 0.138 e. The first-order chi connectivity index (χ1) is 6.79. The number of ether oxygens (including phenoxy) is 1. The maximum atomic E-state index is 9.64. The molecule has 1 saturated heterocycles. The zero-order chi connectivity index (χ0) is 9.97. The highest BCUT2D eigenvalue weighted by Gasteiger charge is 2.21. The molecule has 0 aliphatic carbocycles. The number of morpholine rings is 1. The summed E-state index contributed by atoms with van der Waals surface area (Å²) in [6.45, 7) is 1.88. The lowest BCUT2D eigenvalue weighted by Crippen LogP contribution is -2.51. The lowest BCUT2D eigenvalue weighted by Gasteiger charge is -2.35. The summed E-state index contributed by atoms with van der Waals surface area (Å²) >= 11 is 0. The molecule has 1 heterocycles. The molecule has 4 heteroatoms. The van der Waals surface area contributed by atoms with Crippen LogP contribution in [0.5, 0.6) is 5.75 Å². The lowest BCUT2D eigenvalue weighted by atomic mass is 10.2. The van der Waals surface area contributed by atoms with Crippen molar-refractivity contribution in [2.24, 2.45) is 5.73 Å². The summed E-state index contributed by atoms with van der Waals surface area (Å²) in [4.78, 5) is 1.96. The Bertz CT molecular complexity index is 317. The molecule has 0 radical (unpaired) electrons. The van der Waals surface area contributed by atoms with Gasteiger partial charge in [0.25, 0.3) is 0 Å². The Morgan fingerprint density at radius 1 is 1.43 bits per heavy atom. The first-order valence-corrected chi connectivity index (χ1v) is 4.67. The number of para-hydroxylation sites is 2. The fourth-order valence-electron chi connectivity index (χ4n) is 1.63. The van der Waals surface area contributed by atoms with Crippen molar-refractivity contribution in [2.75, 3.05) is 24.7 Å². The van der Waals surface area contributed by atoms with Crippen molar-refractivity contribution in [3.05, 3.63) is 24.3 Å². The van der Waals surface area contributed by atoms with Gasteiger partial charge in [-0.3, -0.25) is 0 Å². The molecule has 1 aliphatic rings. The zero-order valence-corrected chi connectivity index (χ0v) is 7.89. The van der Waals surface area contributed by atoms with Crippen LogP contribution < -0.4 is 10.6 Å². The van der Waals surface area contributed by atoms with Crippen molar-refractivity contribution in [1.29, 1.82) is 0 Å². The average molecular weight is 194 g/mol. The number of nitrogens with two attached hydrogens (primary N) is 1. The van der Waals surface area contributed by atoms with Crippen LogP contribution in [0.1, 0.15) is 0 Å². The van der Waals surface area contributed by atoms with Gasteiger partial charge in [-0.25, -0.2) is 0 Å². The number of hydrogen-bond donors (Lipinski definition) is 2. The fourth-order valence-corrected chi connectivity index (χ4v) is 1.63. The molecule has 2 rings (SSSR count). The summed E-state index contributed by atoms with van der Waals surface area (Å²) in [6, 6.07) is 7.21. The van der Waals surface area contributed by atoms with Gasteiger partial charge in [0.2, 0.25) is 0 Å². The van der Waals surface area contributed by atoms with Gasteiger partial charge in [0.15, 0.2) is 0 Å². The average Bonchev–Trinajstić information content (AvgIpc) is 2.20. The molecule has 14 heavy (non-hydrogen) atoms. The third-order valence-electron chi connectivity index (χ3n) is 2.36. The van der Waals surface area contributed by atoms with Crippen LogP contribution in [0.15, 0.2) is 24.3 Å². The number of anilines is 1. The van der Waals surface area contributed by atoms with E-state index >= 15 is 0 Å². The molecular weight excluding hydrogens is 180 g/mol. The van der Waals surface area contributed by atoms with Crippen LogP contribution in [0.25, 0.3) is 0 Å². The minimum atomic E-state index is -0.169. The maximum absolute atomic E-state index is 9.64. The summed E-state index contributed by atoms with van der Waals surface area (Å²) in [5.74, 6) is 0.268. The Morgan fingerprint density at radius 3 is 2.93 bits per heavy atom. The summed E-state index contributed by atoms with van der Waals surface area (Å²) in [6.07, 6.45) is -0.169. The van der Waals surface area contributed by atoms with E-state index in [9.17, 15) is 5.11 Å². The quantitative estimate of drug-likeness (QED) is 0.684. The van der Waals surface area contributed by atoms with E-state index in [2.05, 4.69) is 0 Å². The minimum absolute atomic E-state index is 0.169. The molecule has 0 bridgehead atoms. The normalized spacial score (nSPS) is 22.4. The molecule has 1 aromatic carbocycles. The summed E-state index contributed by atoms with van der Waals surface area (Å²) < 4.78 is 5.23. The monoisotopic (exact) mass is 194 g/mol. The Balaban J connectivity index is 2.25. The Hall–Kier alpha value is -1.26. The van der Waals surface area contributed by atoms with Crippen molar-refractivity contribution in [1.82, 2.24) is 0 Å². The fraction of sp³-hybridized carbons (Fsp3) is 0.400. The second kappa shape index (κ2) is 3.86. The molecule has 1 aliphatic heterocycles. The molecule has 1 fully saturated rings. The number of rotatable bonds is 1. The molecule has 4 nitrogen and oxygen atoms in total. The van der Waals surface area contributed by atoms with Gasteiger partial charge in [-0.05, 0) is 12.1 Å². The van der Waals surface area contributed by atoms with E-state index in [0.717, 1.165) is 12.2 Å². The van der Waals surface area contributed by atoms with E-state index in [4.69, 9.17) is 10.5 Å². The predicted molar refractivity (Wildman–Crippen MR) is 54.2 cm³/mol. The van der Waals surface area contributed by atoms with Crippen LogP contribution in [0.2, 0.25) is 0 Å². The van der Waals surface area contributed by atoms with Crippen molar-refractivity contribution >= 4 is 5.69 Å². The lowest BCUT2D eigenvalue weighted by molar-refractivity contribution is 0.0955. The van der Waals surface area contributed by atoms with E-state index < -0.39 is 0 Å². The molecule has 3 N–H and O–H groups in total. The highest BCUT2D eigenvalue weighted by molar-refractivity contribution is 5.58. The smallest absolute Gasteiger partial charge is 0.138 e. The van der Waals surface area contributed by atoms with Crippen LogP contribution >= 0.6 is 0 Å². The van der Waals surface area contributed by atoms with Gasteiger partial charge in [-0.1, -0.05) is 12.1 Å². The van der Waals surface area contributed by atoms with E-state index in [1.165, 1.54) is 0 Å². The first-order valence-electron chi connectivity index (χ1n) is 4.67. The van der Waals surface area contributed by atoms with Crippen LogP contribution in [0.4, 0.5) is 5.69 Å². The molecule has 0 amide bonds. The van der Waals surface area contributed by atoms with Crippen LogP contribution in [0.3, 0.4) is 0 Å². The van der Waals surface area contributed by atoms with Gasteiger partial charge in [-0.2, -0.15) is 0 Å². The second-order valence-electron chi connectivity index (χ2n) is 3.32. The molecule has 1 atom stereocenters. The van der Waals surface area contributed by atoms with Crippen LogP contribution in [0, 0.1) is 0 Å². The predicted octanol–water partition coefficient (Wildman–Crippen LogP) is 0.514. The number of nitrogens with zero attached hydrogens (tertiary/aromatic N) is 1. The molecule has 0 aromatic heterocycles. The highest BCUT2D eigenvalue weighted by Crippen LogP contribution is 2.27. The van der Waals surface area contributed by atoms with E-state index in [1.54, 1.807) is 12.1 Å². The van der Waals surface area contributed by atoms with Gasteiger partial charge in [-0.15, -0.1) is 0 Å². The van der Waals surface area contributed by atoms with Crippen molar-refractivity contribution < 1.29 is 9.84 Å². The summed E-state index contributed by atoms with van der Waals surface area (Å²) in [5, 5.41) is 9.64. The third kappa shape index (κ3) is 1.66. The van der Waals surface area contributed by atoms with Crippen molar-refractivity contribution in [2.45, 2.75) is 6.17 Å². The number of phenolic OH excluding ortho intramolecular Hbond substituents is 1. The van der Waals surface area contributed by atoms with Crippen molar-refractivity contribution in [3.63, 3.8) is 0 Å². The SMILES string of the molecule is NC1COCCN1c1ccccc1O. The third-order valence-corrected chi connectivity index (χ3v) is 2.36. The van der Waals surface area contributed by atoms with Crippen molar-refractivity contribution in [3.8, 4) is 5.75 Å². The highest BCUT2D eigenvalue weighted by atomic mass is 16.5. The van der Waals surface area contributed by atoms with Gasteiger partial charge in [0, 0.05) is 6.54 Å². The second-order valence-corrected chi connectivity index (χ2v) is 3.32. The van der Waals surface area contributed by atoms with E-state index in [-0.39, 0.29) is 11.9 Å². The minimum Gasteiger partial charge on any atom is -0.506 e. The van der Waals surface area contributed by atoms with E-state index in [1.807, 2.05) is 17.0 Å². The zero-order valence-electron chi connectivity index (χ0n) is 7.89. The van der Waals surface area contributed by atoms with Gasteiger partial charge in [0.1, 0.15) is 11.9 Å². The largest absolute Gasteiger partial charge is 0.506 e. The number of benzene rings is 1. The van der Waals surface area contributed by atoms with E-state index in [0.29, 0.717) is 13.2 Å². The van der Waals surface area contributed by atoms with Crippen LogP contribution in [-0.4, -0.2) is 31.0 Å². The standard InChI is InChI=1S/C10H14N2O2/c11-10-7-14-6-5-12(10)8-3-1-2-4-9(8)13/h1-4,10,13H,5-7,11H2. The Kier molecular flexibility index (Phi) is 2.56. The molecule has 1 unspecified atom stereocenters. The first kappa shape index (κ1) is 9.30. The Labute approximate surface area is 82.9 Å². The number of phenols is 1. The van der Waals surface area contributed by atoms with Crippen LogP contribution in [-0.2, 0) is 4.74 Å². The molecular formula is C10H14N2O2. The summed E-state index contributed by atoms with van der Waals surface area (Å²) in [7, 11) is 0. The topological polar surface area (TPSA) is 58.7 Å². The molecule has 1 aromatic rings. The molecule has 76 valence electrons. The van der Waals surface area contributed by atoms with Gasteiger partial charge >= 0.3 is 0 Å². The number of aromatic hydroxyl groups is 1. The number of hydrogen-bond acceptors (Lipinski definition) is 4. The molecule has 0 saturated carbocycles. The summed E-state index contributed by atoms with van der Waals surface area (Å²) in [5.41, 5.74) is 6.65. The van der Waals surface area contributed by atoms with Gasteiger partial charge < -0.3 is 20.5 Å². The van der Waals surface area contributed by atoms with Gasteiger partial charge in [0.05, 0.1) is 18.9 Å². The molecule has 0 spiro atoms. The Morgan fingerprint density at radius 2 is 2.21 bits per heavy atom.